The smallest absolute Gasteiger partial charge is 0.168 e. The van der Waals surface area contributed by atoms with Gasteiger partial charge < -0.3 is 0 Å². The summed E-state index contributed by atoms with van der Waals surface area (Å²) in [6.45, 7) is 0. The molecule has 0 bridgehead atoms. The third-order valence-corrected chi connectivity index (χ3v) is 4.45. The summed E-state index contributed by atoms with van der Waals surface area (Å²) in [6, 6.07) is 20.5. The van der Waals surface area contributed by atoms with Gasteiger partial charge in [-0.2, -0.15) is 0 Å². The van der Waals surface area contributed by atoms with Gasteiger partial charge in [-0.05, 0) is 18.9 Å². The van der Waals surface area contributed by atoms with Crippen LogP contribution in [0.4, 0.5) is 0 Å². The Morgan fingerprint density at radius 2 is 1.19 bits per heavy atom. The van der Waals surface area contributed by atoms with Gasteiger partial charge in [0, 0.05) is 16.8 Å². The zero-order valence-electron chi connectivity index (χ0n) is 15.1. The van der Waals surface area contributed by atoms with E-state index in [0.717, 1.165) is 35.6 Å². The fourth-order valence-corrected chi connectivity index (χ4v) is 3.14. The number of benzene rings is 2. The highest BCUT2D eigenvalue weighted by molar-refractivity contribution is 5.70. The van der Waals surface area contributed by atoms with Crippen molar-refractivity contribution in [3.8, 4) is 22.8 Å². The number of aromatic nitrogens is 3. The molecule has 0 saturated heterocycles. The van der Waals surface area contributed by atoms with Gasteiger partial charge in [-0.3, -0.25) is 4.57 Å². The molecule has 0 fully saturated rings. The van der Waals surface area contributed by atoms with Crippen LogP contribution < -0.4 is 0 Å². The average molecular weight is 351 g/mol. The molecule has 0 unspecified atom stereocenters. The second-order valence-electron chi connectivity index (χ2n) is 6.31. The molecule has 1 heterocycles. The van der Waals surface area contributed by atoms with Crippen LogP contribution in [-0.2, 0) is 0 Å². The number of hydrogen-bond donors (Lipinski definition) is 0. The van der Waals surface area contributed by atoms with E-state index in [2.05, 4.69) is 69.4 Å². The maximum absolute atomic E-state index is 4.55. The molecule has 3 heteroatoms. The molecule has 132 valence electrons. The summed E-state index contributed by atoms with van der Waals surface area (Å²) in [7, 11) is 0. The van der Waals surface area contributed by atoms with Gasteiger partial charge in [0.05, 0.1) is 0 Å². The molecule has 0 amide bonds. The molecule has 0 atom stereocenters. The van der Waals surface area contributed by atoms with Gasteiger partial charge in [-0.1, -0.05) is 97.1 Å². The Morgan fingerprint density at radius 3 is 1.81 bits per heavy atom. The highest BCUT2D eigenvalue weighted by atomic mass is 15.3. The third-order valence-electron chi connectivity index (χ3n) is 4.45. The van der Waals surface area contributed by atoms with Crippen LogP contribution in [0.5, 0.6) is 0 Å². The second kappa shape index (κ2) is 8.28. The first-order valence-electron chi connectivity index (χ1n) is 9.19. The molecule has 1 aliphatic rings. The number of hydrogen-bond acceptors (Lipinski definition) is 2. The molecule has 0 radical (unpaired) electrons. The van der Waals surface area contributed by atoms with Crippen molar-refractivity contribution in [3.05, 3.63) is 103 Å². The molecule has 4 rings (SSSR count). The average Bonchev–Trinajstić information content (AvgIpc) is 3.18. The molecule has 0 N–H and O–H groups in total. The van der Waals surface area contributed by atoms with E-state index in [9.17, 15) is 0 Å². The molecule has 2 aromatic carbocycles. The van der Waals surface area contributed by atoms with Gasteiger partial charge in [0.1, 0.15) is 0 Å². The number of allylic oxidation sites excluding steroid dienone is 8. The number of nitrogens with zero attached hydrogens (tertiary/aromatic N) is 3. The second-order valence-corrected chi connectivity index (χ2v) is 6.31. The Labute approximate surface area is 159 Å². The van der Waals surface area contributed by atoms with Crippen molar-refractivity contribution >= 4 is 5.70 Å². The summed E-state index contributed by atoms with van der Waals surface area (Å²) in [5.41, 5.74) is 3.29. The van der Waals surface area contributed by atoms with Crippen LogP contribution in [0.1, 0.15) is 12.8 Å². The number of rotatable bonds is 3. The van der Waals surface area contributed by atoms with Gasteiger partial charge >= 0.3 is 0 Å². The minimum atomic E-state index is 0.866. The van der Waals surface area contributed by atoms with E-state index >= 15 is 0 Å². The first kappa shape index (κ1) is 17.0. The fraction of sp³-hybridized carbons (Fsp3) is 0.0833. The summed E-state index contributed by atoms with van der Waals surface area (Å²) in [5, 5.41) is 9.10. The molecule has 3 nitrogen and oxygen atoms in total. The van der Waals surface area contributed by atoms with Gasteiger partial charge in [0.15, 0.2) is 11.6 Å². The standard InChI is InChI=1S/C24H21N3/c1-2-4-12-18-22(19-13-5-3-1)27-23(20-14-8-6-9-15-20)25-26-24(27)21-16-10-7-11-17-21/h1-12,14-18H,13,19H2/b2-1?,5-3-,12-4?,22-18-. The zero-order valence-corrected chi connectivity index (χ0v) is 15.1. The molecule has 0 aliphatic heterocycles. The van der Waals surface area contributed by atoms with Crippen molar-refractivity contribution in [3.63, 3.8) is 0 Å². The summed E-state index contributed by atoms with van der Waals surface area (Å²) >= 11 is 0. The van der Waals surface area contributed by atoms with Crippen molar-refractivity contribution in [2.45, 2.75) is 12.8 Å². The van der Waals surface area contributed by atoms with E-state index in [1.165, 1.54) is 5.70 Å². The molecule has 1 aromatic heterocycles. The Hall–Kier alpha value is -3.46. The van der Waals surface area contributed by atoms with Crippen LogP contribution in [0.25, 0.3) is 28.5 Å². The molecule has 0 spiro atoms. The van der Waals surface area contributed by atoms with Crippen molar-refractivity contribution in [2.75, 3.05) is 0 Å². The van der Waals surface area contributed by atoms with Crippen molar-refractivity contribution in [2.24, 2.45) is 0 Å². The van der Waals surface area contributed by atoms with Crippen molar-refractivity contribution in [1.29, 1.82) is 0 Å². The monoisotopic (exact) mass is 351 g/mol. The van der Waals surface area contributed by atoms with E-state index in [0.29, 0.717) is 0 Å². The van der Waals surface area contributed by atoms with E-state index in [4.69, 9.17) is 0 Å². The lowest BCUT2D eigenvalue weighted by atomic mass is 10.1. The van der Waals surface area contributed by atoms with Crippen LogP contribution in [0.3, 0.4) is 0 Å². The lowest BCUT2D eigenvalue weighted by Gasteiger charge is -2.14. The Morgan fingerprint density at radius 1 is 0.630 bits per heavy atom. The Bertz CT molecular complexity index is 949. The van der Waals surface area contributed by atoms with Gasteiger partial charge in [-0.15, -0.1) is 10.2 Å². The highest BCUT2D eigenvalue weighted by Crippen LogP contribution is 2.30. The molecule has 1 aliphatic carbocycles. The Kier molecular flexibility index (Phi) is 5.21. The maximum Gasteiger partial charge on any atom is 0.168 e. The Balaban J connectivity index is 1.89. The van der Waals surface area contributed by atoms with Crippen LogP contribution in [0.15, 0.2) is 103 Å². The molecular formula is C24H21N3. The molecule has 0 saturated carbocycles. The summed E-state index contributed by atoms with van der Waals surface area (Å²) < 4.78 is 2.19. The first-order valence-corrected chi connectivity index (χ1v) is 9.19. The minimum Gasteiger partial charge on any atom is -0.279 e. The quantitative estimate of drug-likeness (QED) is 0.587. The van der Waals surface area contributed by atoms with E-state index < -0.39 is 0 Å². The fourth-order valence-electron chi connectivity index (χ4n) is 3.14. The maximum atomic E-state index is 4.55. The van der Waals surface area contributed by atoms with Crippen LogP contribution >= 0.6 is 0 Å². The third kappa shape index (κ3) is 3.87. The topological polar surface area (TPSA) is 30.7 Å². The predicted octanol–water partition coefficient (Wildman–Crippen LogP) is 5.92. The lowest BCUT2D eigenvalue weighted by molar-refractivity contribution is 0.958. The van der Waals surface area contributed by atoms with Crippen LogP contribution in [0, 0.1) is 0 Å². The van der Waals surface area contributed by atoms with Crippen LogP contribution in [-0.4, -0.2) is 14.8 Å². The van der Waals surface area contributed by atoms with E-state index in [-0.39, 0.29) is 0 Å². The minimum absolute atomic E-state index is 0.866. The molecule has 3 aromatic rings. The van der Waals surface area contributed by atoms with Gasteiger partial charge in [0.2, 0.25) is 0 Å². The van der Waals surface area contributed by atoms with Crippen molar-refractivity contribution < 1.29 is 0 Å². The first-order chi connectivity index (χ1) is 13.4. The summed E-state index contributed by atoms with van der Waals surface area (Å²) in [6.07, 6.45) is 16.5. The summed E-state index contributed by atoms with van der Waals surface area (Å²) in [4.78, 5) is 0. The van der Waals surface area contributed by atoms with E-state index in [1.807, 2.05) is 48.6 Å². The summed E-state index contributed by atoms with van der Waals surface area (Å²) in [5.74, 6) is 1.73. The highest BCUT2D eigenvalue weighted by Gasteiger charge is 2.18. The van der Waals surface area contributed by atoms with Crippen LogP contribution in [0.2, 0.25) is 0 Å². The van der Waals surface area contributed by atoms with E-state index in [1.54, 1.807) is 0 Å². The zero-order chi connectivity index (χ0) is 18.3. The normalized spacial score (nSPS) is 17.3. The predicted molar refractivity (Wildman–Crippen MR) is 112 cm³/mol. The molecular weight excluding hydrogens is 330 g/mol. The van der Waals surface area contributed by atoms with Gasteiger partial charge in [-0.25, -0.2) is 0 Å². The SMILES string of the molecule is C1=C/C=C\CC/C(n2c(-c3ccccc3)nnc2-c2ccccc2)=C/C=C1. The van der Waals surface area contributed by atoms with Gasteiger partial charge in [0.25, 0.3) is 0 Å². The van der Waals surface area contributed by atoms with Crippen molar-refractivity contribution in [1.82, 2.24) is 14.8 Å². The molecule has 27 heavy (non-hydrogen) atoms. The lowest BCUT2D eigenvalue weighted by Crippen LogP contribution is -2.03. The largest absolute Gasteiger partial charge is 0.279 e.